The van der Waals surface area contributed by atoms with E-state index in [4.69, 9.17) is 4.74 Å². The summed E-state index contributed by atoms with van der Waals surface area (Å²) >= 11 is 0. The maximum absolute atomic E-state index is 13.9. The Morgan fingerprint density at radius 1 is 1.15 bits per heavy atom. The summed E-state index contributed by atoms with van der Waals surface area (Å²) in [6.07, 6.45) is 1.73. The van der Waals surface area contributed by atoms with E-state index in [1.165, 1.54) is 0 Å². The van der Waals surface area contributed by atoms with Crippen molar-refractivity contribution in [2.24, 2.45) is 0 Å². The molecule has 0 saturated carbocycles. The van der Waals surface area contributed by atoms with Crippen molar-refractivity contribution in [2.75, 3.05) is 18.1 Å². The zero-order valence-electron chi connectivity index (χ0n) is 23.2. The van der Waals surface area contributed by atoms with Crippen LogP contribution in [0.4, 0.5) is 5.69 Å². The Bertz CT molecular complexity index is 1630. The molecule has 1 aliphatic heterocycles. The number of fused-ring (bicyclic) bond motifs is 2. The largest absolute Gasteiger partial charge is 0.489 e. The first-order chi connectivity index (χ1) is 19.7. The monoisotopic (exact) mass is 552 g/mol. The van der Waals surface area contributed by atoms with Crippen LogP contribution in [-0.4, -0.2) is 57.5 Å². The molecule has 2 atom stereocenters. The third-order valence-corrected chi connectivity index (χ3v) is 6.96. The fraction of sp³-hybridized carbons (Fsp3) is 0.290. The summed E-state index contributed by atoms with van der Waals surface area (Å²) in [6.45, 7) is 5.37. The molecule has 4 aromatic rings. The molecule has 0 saturated heterocycles. The molecule has 0 bridgehead atoms. The second-order valence-electron chi connectivity index (χ2n) is 10.7. The van der Waals surface area contributed by atoms with Gasteiger partial charge in [-0.25, -0.2) is 4.68 Å². The van der Waals surface area contributed by atoms with Crippen molar-refractivity contribution < 1.29 is 19.4 Å². The molecular formula is C31H32N6O4. The van der Waals surface area contributed by atoms with E-state index >= 15 is 0 Å². The molecule has 0 aliphatic carbocycles. The number of aliphatic hydroxyl groups is 1. The second kappa shape index (κ2) is 11.4. The molecule has 0 spiro atoms. The smallest absolute Gasteiger partial charge is 0.253 e. The number of hydrogen-bond donors (Lipinski definition) is 3. The average molecular weight is 553 g/mol. The SMILES string of the molecule is CC(NCC(C)(C)O)C(=O)NC1COc2ccccc2N(Cc2cccc3c2cnn3-c2ccccc2C#N)C1=O. The quantitative estimate of drug-likeness (QED) is 0.306. The number of carbonyl (C=O) groups excluding carboxylic acids is 2. The Labute approximate surface area is 238 Å². The molecule has 1 aromatic heterocycles. The summed E-state index contributed by atoms with van der Waals surface area (Å²) in [5, 5.41) is 30.8. The molecule has 10 nitrogen and oxygen atoms in total. The Morgan fingerprint density at radius 3 is 2.63 bits per heavy atom. The minimum absolute atomic E-state index is 0.0244. The van der Waals surface area contributed by atoms with Crippen molar-refractivity contribution in [1.82, 2.24) is 20.4 Å². The van der Waals surface area contributed by atoms with Crippen LogP contribution in [0.2, 0.25) is 0 Å². The summed E-state index contributed by atoms with van der Waals surface area (Å²) in [4.78, 5) is 28.5. The number of para-hydroxylation sites is 3. The molecule has 0 fully saturated rings. The highest BCUT2D eigenvalue weighted by molar-refractivity contribution is 6.02. The fourth-order valence-corrected chi connectivity index (χ4v) is 4.78. The minimum Gasteiger partial charge on any atom is -0.489 e. The molecule has 2 amide bonds. The van der Waals surface area contributed by atoms with Gasteiger partial charge in [-0.2, -0.15) is 10.4 Å². The first-order valence-corrected chi connectivity index (χ1v) is 13.4. The van der Waals surface area contributed by atoms with Crippen LogP contribution in [-0.2, 0) is 16.1 Å². The number of rotatable bonds is 8. The van der Waals surface area contributed by atoms with Gasteiger partial charge in [0, 0.05) is 11.9 Å². The lowest BCUT2D eigenvalue weighted by Crippen LogP contribution is -2.55. The topological polar surface area (TPSA) is 133 Å². The molecule has 41 heavy (non-hydrogen) atoms. The number of aromatic nitrogens is 2. The van der Waals surface area contributed by atoms with Crippen LogP contribution >= 0.6 is 0 Å². The zero-order chi connectivity index (χ0) is 29.1. The van der Waals surface area contributed by atoms with Crippen molar-refractivity contribution >= 4 is 28.4 Å². The van der Waals surface area contributed by atoms with Crippen LogP contribution in [0.15, 0.2) is 72.9 Å². The van der Waals surface area contributed by atoms with Gasteiger partial charge in [0.25, 0.3) is 5.91 Å². The lowest BCUT2D eigenvalue weighted by Gasteiger charge is -2.26. The van der Waals surface area contributed by atoms with Gasteiger partial charge >= 0.3 is 0 Å². The van der Waals surface area contributed by atoms with Crippen LogP contribution in [0.1, 0.15) is 31.9 Å². The molecule has 0 radical (unpaired) electrons. The van der Waals surface area contributed by atoms with Gasteiger partial charge in [0.1, 0.15) is 24.5 Å². The Kier molecular flexibility index (Phi) is 7.75. The van der Waals surface area contributed by atoms with Gasteiger partial charge in [0.15, 0.2) is 0 Å². The summed E-state index contributed by atoms with van der Waals surface area (Å²) in [6, 6.07) is 20.9. The van der Waals surface area contributed by atoms with Gasteiger partial charge in [-0.1, -0.05) is 36.4 Å². The first-order valence-electron chi connectivity index (χ1n) is 13.4. The molecule has 210 valence electrons. The molecular weight excluding hydrogens is 520 g/mol. The highest BCUT2D eigenvalue weighted by Crippen LogP contribution is 2.33. The van der Waals surface area contributed by atoms with E-state index in [2.05, 4.69) is 21.8 Å². The summed E-state index contributed by atoms with van der Waals surface area (Å²) in [5.41, 5.74) is 2.43. The van der Waals surface area contributed by atoms with Crippen molar-refractivity contribution in [3.63, 3.8) is 0 Å². The Morgan fingerprint density at radius 2 is 1.88 bits per heavy atom. The summed E-state index contributed by atoms with van der Waals surface area (Å²) < 4.78 is 7.71. The van der Waals surface area contributed by atoms with Gasteiger partial charge in [0.2, 0.25) is 5.91 Å². The van der Waals surface area contributed by atoms with E-state index in [0.29, 0.717) is 22.7 Å². The lowest BCUT2D eigenvalue weighted by molar-refractivity contribution is -0.129. The number of nitrogens with zero attached hydrogens (tertiary/aromatic N) is 4. The maximum atomic E-state index is 13.9. The Hall–Kier alpha value is -4.72. The number of anilines is 1. The number of amides is 2. The molecule has 2 heterocycles. The van der Waals surface area contributed by atoms with Crippen molar-refractivity contribution in [3.05, 3.63) is 84.1 Å². The van der Waals surface area contributed by atoms with Crippen LogP contribution in [0, 0.1) is 11.3 Å². The van der Waals surface area contributed by atoms with Gasteiger partial charge in [0.05, 0.1) is 46.8 Å². The zero-order valence-corrected chi connectivity index (χ0v) is 23.2. The maximum Gasteiger partial charge on any atom is 0.253 e. The Balaban J connectivity index is 1.45. The summed E-state index contributed by atoms with van der Waals surface area (Å²) in [5.74, 6) is -0.143. The third kappa shape index (κ3) is 5.91. The van der Waals surface area contributed by atoms with Crippen LogP contribution in [0.3, 0.4) is 0 Å². The molecule has 3 aromatic carbocycles. The molecule has 10 heteroatoms. The van der Waals surface area contributed by atoms with Crippen LogP contribution in [0.25, 0.3) is 16.6 Å². The highest BCUT2D eigenvalue weighted by Gasteiger charge is 2.34. The lowest BCUT2D eigenvalue weighted by atomic mass is 10.1. The first kappa shape index (κ1) is 27.8. The third-order valence-electron chi connectivity index (χ3n) is 6.96. The normalized spacial score (nSPS) is 15.9. The summed E-state index contributed by atoms with van der Waals surface area (Å²) in [7, 11) is 0. The van der Waals surface area contributed by atoms with E-state index in [0.717, 1.165) is 16.5 Å². The van der Waals surface area contributed by atoms with Crippen molar-refractivity contribution in [1.29, 1.82) is 5.26 Å². The average Bonchev–Trinajstić information content (AvgIpc) is 3.36. The number of ether oxygens (including phenoxy) is 1. The predicted molar refractivity (Wildman–Crippen MR) is 155 cm³/mol. The van der Waals surface area contributed by atoms with Gasteiger partial charge in [-0.3, -0.25) is 9.59 Å². The number of benzene rings is 3. The highest BCUT2D eigenvalue weighted by atomic mass is 16.5. The molecule has 2 unspecified atom stereocenters. The van der Waals surface area contributed by atoms with E-state index in [9.17, 15) is 20.0 Å². The fourth-order valence-electron chi connectivity index (χ4n) is 4.78. The van der Waals surface area contributed by atoms with E-state index in [1.54, 1.807) is 48.7 Å². The van der Waals surface area contributed by atoms with Gasteiger partial charge in [-0.15, -0.1) is 0 Å². The number of carbonyl (C=O) groups is 2. The van der Waals surface area contributed by atoms with E-state index in [1.807, 2.05) is 54.6 Å². The van der Waals surface area contributed by atoms with Crippen molar-refractivity contribution in [2.45, 2.75) is 45.0 Å². The number of hydrogen-bond acceptors (Lipinski definition) is 7. The van der Waals surface area contributed by atoms with Crippen molar-refractivity contribution in [3.8, 4) is 17.5 Å². The van der Waals surface area contributed by atoms with E-state index in [-0.39, 0.29) is 31.5 Å². The second-order valence-corrected chi connectivity index (χ2v) is 10.7. The van der Waals surface area contributed by atoms with Gasteiger partial charge in [-0.05, 0) is 56.7 Å². The molecule has 3 N–H and O–H groups in total. The van der Waals surface area contributed by atoms with E-state index < -0.39 is 17.7 Å². The number of nitrogens with one attached hydrogen (secondary N) is 2. The minimum atomic E-state index is -0.986. The van der Waals surface area contributed by atoms with Gasteiger partial charge < -0.3 is 25.4 Å². The number of nitriles is 1. The molecule has 5 rings (SSSR count). The molecule has 1 aliphatic rings. The standard InChI is InChI=1S/C31H32N6O4/c1-20(33-19-31(2,3)40)29(38)35-24-18-41-28-14-7-6-12-27(28)36(30(24)39)17-22-10-8-13-26-23(22)16-34-37(26)25-11-5-4-9-21(25)15-32/h4-14,16,20,24,33,40H,17-19H2,1-3H3,(H,35,38). The van der Waals surface area contributed by atoms with Crippen LogP contribution < -0.4 is 20.3 Å². The van der Waals surface area contributed by atoms with Crippen LogP contribution in [0.5, 0.6) is 5.75 Å². The predicted octanol–water partition coefficient (Wildman–Crippen LogP) is 3.06.